The monoisotopic (exact) mass is 480 g/mol. The van der Waals surface area contributed by atoms with Gasteiger partial charge in [-0.1, -0.05) is 23.8 Å². The minimum Gasteiger partial charge on any atom is -0.402 e. The van der Waals surface area contributed by atoms with Crippen molar-refractivity contribution in [3.05, 3.63) is 90.1 Å². The second kappa shape index (κ2) is 7.79. The van der Waals surface area contributed by atoms with Crippen LogP contribution in [0.15, 0.2) is 65.3 Å². The molecule has 0 saturated carbocycles. The summed E-state index contributed by atoms with van der Waals surface area (Å²) in [6.07, 6.45) is 4.84. The molecule has 8 heteroatoms. The molecular formula is C18H10ClIN2O4. The van der Waals surface area contributed by atoms with Crippen molar-refractivity contribution in [1.29, 1.82) is 0 Å². The van der Waals surface area contributed by atoms with E-state index in [9.17, 15) is 14.9 Å². The van der Waals surface area contributed by atoms with Gasteiger partial charge in [0.25, 0.3) is 5.69 Å². The Hall–Kier alpha value is -2.52. The van der Waals surface area contributed by atoms with Crippen LogP contribution < -0.4 is 0 Å². The molecule has 1 heterocycles. The van der Waals surface area contributed by atoms with E-state index in [4.69, 9.17) is 16.3 Å². The van der Waals surface area contributed by atoms with Gasteiger partial charge in [-0.2, -0.15) is 0 Å². The Morgan fingerprint density at radius 3 is 2.62 bits per heavy atom. The van der Waals surface area contributed by atoms with E-state index in [1.165, 1.54) is 18.2 Å². The average Bonchev–Trinajstić information content (AvgIpc) is 2.98. The average molecular weight is 481 g/mol. The van der Waals surface area contributed by atoms with Gasteiger partial charge >= 0.3 is 5.97 Å². The number of carbonyl (C=O) groups is 1. The van der Waals surface area contributed by atoms with E-state index < -0.39 is 10.9 Å². The van der Waals surface area contributed by atoms with Crippen LogP contribution in [0.2, 0.25) is 5.02 Å². The Kier molecular flexibility index (Phi) is 5.48. The number of cyclic esters (lactones) is 1. The van der Waals surface area contributed by atoms with Crippen molar-refractivity contribution in [2.75, 3.05) is 0 Å². The van der Waals surface area contributed by atoms with E-state index in [1.54, 1.807) is 36.4 Å². The molecular weight excluding hydrogens is 471 g/mol. The van der Waals surface area contributed by atoms with Crippen LogP contribution in [-0.4, -0.2) is 16.8 Å². The SMILES string of the molecule is O=C1OC(c2cc(I)ccc2Cl)=N/C1=C\C=C/c1ccc([N+](=O)[O-])cc1. The fourth-order valence-electron chi connectivity index (χ4n) is 2.16. The summed E-state index contributed by atoms with van der Waals surface area (Å²) < 4.78 is 6.13. The molecule has 0 aliphatic carbocycles. The van der Waals surface area contributed by atoms with Gasteiger partial charge in [0.05, 0.1) is 15.5 Å². The summed E-state index contributed by atoms with van der Waals surface area (Å²) in [7, 11) is 0. The Morgan fingerprint density at radius 1 is 1.19 bits per heavy atom. The minimum atomic E-state index is -0.566. The van der Waals surface area contributed by atoms with Crippen molar-refractivity contribution in [1.82, 2.24) is 0 Å². The van der Waals surface area contributed by atoms with Crippen molar-refractivity contribution in [2.24, 2.45) is 4.99 Å². The first-order valence-electron chi connectivity index (χ1n) is 7.33. The third-order valence-corrected chi connectivity index (χ3v) is 4.43. The lowest BCUT2D eigenvalue weighted by Crippen LogP contribution is -2.06. The van der Waals surface area contributed by atoms with Crippen molar-refractivity contribution in [2.45, 2.75) is 0 Å². The number of carbonyl (C=O) groups excluding carboxylic acids is 1. The molecule has 0 atom stereocenters. The van der Waals surface area contributed by atoms with Crippen molar-refractivity contribution in [3.63, 3.8) is 0 Å². The number of hydrogen-bond donors (Lipinski definition) is 0. The van der Waals surface area contributed by atoms with Crippen molar-refractivity contribution < 1.29 is 14.5 Å². The highest BCUT2D eigenvalue weighted by molar-refractivity contribution is 14.1. The molecule has 0 bridgehead atoms. The maximum atomic E-state index is 12.0. The number of non-ortho nitro benzene ring substituents is 1. The van der Waals surface area contributed by atoms with Crippen LogP contribution in [0.4, 0.5) is 5.69 Å². The zero-order valence-corrected chi connectivity index (χ0v) is 16.0. The fraction of sp³-hybridized carbons (Fsp3) is 0. The van der Waals surface area contributed by atoms with Gasteiger partial charge in [-0.3, -0.25) is 10.1 Å². The molecule has 6 nitrogen and oxygen atoms in total. The van der Waals surface area contributed by atoms with Crippen LogP contribution in [0.1, 0.15) is 11.1 Å². The summed E-state index contributed by atoms with van der Waals surface area (Å²) in [5.41, 5.74) is 1.47. The number of hydrogen-bond acceptors (Lipinski definition) is 5. The van der Waals surface area contributed by atoms with Gasteiger partial charge in [0, 0.05) is 15.7 Å². The number of esters is 1. The van der Waals surface area contributed by atoms with Crippen LogP contribution in [0.5, 0.6) is 0 Å². The van der Waals surface area contributed by atoms with E-state index >= 15 is 0 Å². The molecule has 0 aromatic heterocycles. The van der Waals surface area contributed by atoms with Crippen molar-refractivity contribution in [3.8, 4) is 0 Å². The predicted molar refractivity (Wildman–Crippen MR) is 107 cm³/mol. The number of nitro benzene ring substituents is 1. The summed E-state index contributed by atoms with van der Waals surface area (Å²) >= 11 is 8.27. The molecule has 0 spiro atoms. The first-order valence-corrected chi connectivity index (χ1v) is 8.79. The van der Waals surface area contributed by atoms with Gasteiger partial charge in [0.15, 0.2) is 5.70 Å². The van der Waals surface area contributed by atoms with Crippen LogP contribution in [0, 0.1) is 13.7 Å². The molecule has 130 valence electrons. The van der Waals surface area contributed by atoms with Gasteiger partial charge in [-0.05, 0) is 64.6 Å². The van der Waals surface area contributed by atoms with Crippen molar-refractivity contribution >= 4 is 57.8 Å². The Balaban J connectivity index is 1.80. The second-order valence-corrected chi connectivity index (χ2v) is 6.84. The number of allylic oxidation sites excluding steroid dienone is 2. The standard InChI is InChI=1S/C18H10ClIN2O4/c19-15-9-6-12(20)10-14(15)17-21-16(18(23)26-17)3-1-2-11-4-7-13(8-5-11)22(24)25/h1-10H/b2-1-,16-3-. The van der Waals surface area contributed by atoms with Gasteiger partial charge < -0.3 is 4.74 Å². The number of halogens is 2. The topological polar surface area (TPSA) is 81.8 Å². The summed E-state index contributed by atoms with van der Waals surface area (Å²) in [5.74, 6) is -0.406. The fourth-order valence-corrected chi connectivity index (χ4v) is 2.85. The van der Waals surface area contributed by atoms with E-state index in [0.717, 1.165) is 9.13 Å². The summed E-state index contributed by atoms with van der Waals surface area (Å²) in [4.78, 5) is 26.3. The highest BCUT2D eigenvalue weighted by Crippen LogP contribution is 2.24. The maximum Gasteiger partial charge on any atom is 0.363 e. The summed E-state index contributed by atoms with van der Waals surface area (Å²) in [6.45, 7) is 0. The Bertz CT molecular complexity index is 981. The van der Waals surface area contributed by atoms with Gasteiger partial charge in [0.2, 0.25) is 5.90 Å². The molecule has 3 rings (SSSR count). The van der Waals surface area contributed by atoms with Crippen LogP contribution in [0.25, 0.3) is 6.08 Å². The summed E-state index contributed by atoms with van der Waals surface area (Å²) in [5, 5.41) is 11.1. The van der Waals surface area contributed by atoms with Crippen LogP contribution >= 0.6 is 34.2 Å². The molecule has 26 heavy (non-hydrogen) atoms. The smallest absolute Gasteiger partial charge is 0.363 e. The lowest BCUT2D eigenvalue weighted by atomic mass is 10.2. The molecule has 1 aliphatic rings. The molecule has 2 aromatic carbocycles. The number of nitro groups is 1. The summed E-state index contributed by atoms with van der Waals surface area (Å²) in [6, 6.07) is 11.4. The minimum absolute atomic E-state index is 0.0171. The van der Waals surface area contributed by atoms with Crippen LogP contribution in [0.3, 0.4) is 0 Å². The maximum absolute atomic E-state index is 12.0. The van der Waals surface area contributed by atoms with Gasteiger partial charge in [-0.15, -0.1) is 0 Å². The number of ether oxygens (including phenoxy) is 1. The predicted octanol–water partition coefficient (Wildman–Crippen LogP) is 4.75. The normalized spacial score (nSPS) is 15.4. The van der Waals surface area contributed by atoms with E-state index in [0.29, 0.717) is 10.6 Å². The number of rotatable bonds is 4. The Morgan fingerprint density at radius 2 is 1.92 bits per heavy atom. The molecule has 0 amide bonds. The first-order chi connectivity index (χ1) is 12.4. The number of aliphatic imine (C=N–C) groups is 1. The molecule has 0 radical (unpaired) electrons. The van der Waals surface area contributed by atoms with Gasteiger partial charge in [0.1, 0.15) is 0 Å². The molecule has 0 fully saturated rings. The number of benzene rings is 2. The third kappa shape index (κ3) is 4.17. The van der Waals surface area contributed by atoms with Gasteiger partial charge in [-0.25, -0.2) is 9.79 Å². The molecule has 0 saturated heterocycles. The second-order valence-electron chi connectivity index (χ2n) is 5.19. The first kappa shape index (κ1) is 18.3. The molecule has 0 unspecified atom stereocenters. The highest BCUT2D eigenvalue weighted by Gasteiger charge is 2.25. The van der Waals surface area contributed by atoms with Crippen LogP contribution in [-0.2, 0) is 9.53 Å². The van der Waals surface area contributed by atoms with E-state index in [1.807, 2.05) is 6.07 Å². The zero-order chi connectivity index (χ0) is 18.7. The molecule has 0 N–H and O–H groups in total. The number of nitrogens with zero attached hydrogens (tertiary/aromatic N) is 2. The van der Waals surface area contributed by atoms with E-state index in [2.05, 4.69) is 27.6 Å². The quantitative estimate of drug-likeness (QED) is 0.208. The highest BCUT2D eigenvalue weighted by atomic mass is 127. The molecule has 1 aliphatic heterocycles. The third-order valence-electron chi connectivity index (χ3n) is 3.43. The zero-order valence-electron chi connectivity index (χ0n) is 13.1. The largest absolute Gasteiger partial charge is 0.402 e. The lowest BCUT2D eigenvalue weighted by molar-refractivity contribution is -0.384. The van der Waals surface area contributed by atoms with E-state index in [-0.39, 0.29) is 17.3 Å². The molecule has 2 aromatic rings. The Labute approximate surface area is 167 Å². The lowest BCUT2D eigenvalue weighted by Gasteiger charge is -2.02.